The van der Waals surface area contributed by atoms with Gasteiger partial charge in [0.05, 0.1) is 11.7 Å². The number of aliphatic hydroxyl groups excluding tert-OH is 1. The molecule has 0 aromatic heterocycles. The Labute approximate surface area is 121 Å². The van der Waals surface area contributed by atoms with Gasteiger partial charge in [0.2, 0.25) is 0 Å². The third-order valence-corrected chi connectivity index (χ3v) is 4.56. The number of carbonyl (C=O) groups is 1. The van der Waals surface area contributed by atoms with E-state index in [0.717, 1.165) is 31.6 Å². The lowest BCUT2D eigenvalue weighted by Gasteiger charge is -2.37. The molecule has 0 aromatic carbocycles. The van der Waals surface area contributed by atoms with Crippen LogP contribution in [0.4, 0.5) is 0 Å². The number of hydrogen-bond acceptors (Lipinski definition) is 3. The first-order valence-corrected chi connectivity index (χ1v) is 7.58. The maximum absolute atomic E-state index is 12.1. The summed E-state index contributed by atoms with van der Waals surface area (Å²) in [7, 11) is 0. The van der Waals surface area contributed by atoms with Crippen molar-refractivity contribution < 1.29 is 9.90 Å². The number of aliphatic hydroxyl groups is 1. The van der Waals surface area contributed by atoms with Crippen LogP contribution < -0.4 is 5.32 Å². The third-order valence-electron chi connectivity index (χ3n) is 4.56. The van der Waals surface area contributed by atoms with Crippen molar-refractivity contribution in [2.75, 3.05) is 0 Å². The molecule has 1 amide bonds. The van der Waals surface area contributed by atoms with Crippen molar-refractivity contribution in [1.29, 1.82) is 0 Å². The molecule has 1 aliphatic carbocycles. The number of hydrogen-bond donors (Lipinski definition) is 2. The molecule has 0 bridgehead atoms. The topological polar surface area (TPSA) is 61.7 Å². The zero-order valence-electron chi connectivity index (χ0n) is 12.7. The van der Waals surface area contributed by atoms with Crippen LogP contribution in [0, 0.1) is 11.3 Å². The van der Waals surface area contributed by atoms with Gasteiger partial charge in [-0.15, -0.1) is 0 Å². The van der Waals surface area contributed by atoms with Gasteiger partial charge in [0.25, 0.3) is 5.91 Å². The molecular weight excluding hydrogens is 252 g/mol. The lowest BCUT2D eigenvalue weighted by molar-refractivity contribution is -0.119. The monoisotopic (exact) mass is 278 g/mol. The van der Waals surface area contributed by atoms with E-state index >= 15 is 0 Å². The fraction of sp³-hybridized carbons (Fsp3) is 0.750. The Morgan fingerprint density at radius 3 is 2.50 bits per heavy atom. The Bertz CT molecular complexity index is 413. The summed E-state index contributed by atoms with van der Waals surface area (Å²) < 4.78 is 0. The molecule has 1 saturated carbocycles. The van der Waals surface area contributed by atoms with Crippen LogP contribution in [0.3, 0.4) is 0 Å². The summed E-state index contributed by atoms with van der Waals surface area (Å²) in [5.74, 6) is 0.577. The first-order valence-electron chi connectivity index (χ1n) is 7.58. The third kappa shape index (κ3) is 3.69. The first-order chi connectivity index (χ1) is 9.38. The SMILES string of the molecule is CC(C)(C)C1CCC(NC(=O)C2=CN=CCC2O)CC1. The fourth-order valence-corrected chi connectivity index (χ4v) is 3.09. The smallest absolute Gasteiger partial charge is 0.251 e. The van der Waals surface area contributed by atoms with Gasteiger partial charge in [-0.1, -0.05) is 20.8 Å². The molecule has 1 heterocycles. The summed E-state index contributed by atoms with van der Waals surface area (Å²) in [4.78, 5) is 16.1. The predicted octanol–water partition coefficient (Wildman–Crippen LogP) is 2.43. The minimum Gasteiger partial charge on any atom is -0.388 e. The van der Waals surface area contributed by atoms with Gasteiger partial charge in [0.15, 0.2) is 0 Å². The van der Waals surface area contributed by atoms with Crippen LogP contribution in [0.5, 0.6) is 0 Å². The molecule has 0 radical (unpaired) electrons. The zero-order valence-corrected chi connectivity index (χ0v) is 12.7. The Kier molecular flexibility index (Phi) is 4.63. The normalized spacial score (nSPS) is 30.8. The quantitative estimate of drug-likeness (QED) is 0.815. The second kappa shape index (κ2) is 6.08. The summed E-state index contributed by atoms with van der Waals surface area (Å²) in [5.41, 5.74) is 0.747. The Hall–Kier alpha value is -1.16. The van der Waals surface area contributed by atoms with Crippen molar-refractivity contribution >= 4 is 12.1 Å². The van der Waals surface area contributed by atoms with Crippen molar-refractivity contribution in [1.82, 2.24) is 5.32 Å². The van der Waals surface area contributed by atoms with Gasteiger partial charge in [0, 0.05) is 24.9 Å². The summed E-state index contributed by atoms with van der Waals surface area (Å²) in [6.45, 7) is 6.87. The van der Waals surface area contributed by atoms with Crippen molar-refractivity contribution in [3.05, 3.63) is 11.8 Å². The summed E-state index contributed by atoms with van der Waals surface area (Å²) in [5, 5.41) is 12.8. The number of carbonyl (C=O) groups excluding carboxylic acids is 1. The Morgan fingerprint density at radius 1 is 1.30 bits per heavy atom. The van der Waals surface area contributed by atoms with Gasteiger partial charge >= 0.3 is 0 Å². The highest BCUT2D eigenvalue weighted by atomic mass is 16.3. The average Bonchev–Trinajstić information content (AvgIpc) is 2.38. The maximum atomic E-state index is 12.1. The van der Waals surface area contributed by atoms with Crippen molar-refractivity contribution in [2.24, 2.45) is 16.3 Å². The van der Waals surface area contributed by atoms with Gasteiger partial charge in [-0.2, -0.15) is 0 Å². The van der Waals surface area contributed by atoms with Crippen molar-refractivity contribution in [3.8, 4) is 0 Å². The van der Waals surface area contributed by atoms with E-state index < -0.39 is 6.10 Å². The highest BCUT2D eigenvalue weighted by Crippen LogP contribution is 2.37. The number of aliphatic imine (C=N–C) groups is 1. The Balaban J connectivity index is 1.85. The molecule has 0 spiro atoms. The number of nitrogens with zero attached hydrogens (tertiary/aromatic N) is 1. The molecule has 1 fully saturated rings. The lowest BCUT2D eigenvalue weighted by atomic mass is 9.71. The van der Waals surface area contributed by atoms with E-state index in [1.54, 1.807) is 6.21 Å². The highest BCUT2D eigenvalue weighted by molar-refractivity contribution is 5.95. The molecule has 0 aromatic rings. The van der Waals surface area contributed by atoms with Gasteiger partial charge in [0.1, 0.15) is 0 Å². The van der Waals surface area contributed by atoms with Crippen molar-refractivity contribution in [2.45, 2.75) is 65.0 Å². The van der Waals surface area contributed by atoms with Crippen molar-refractivity contribution in [3.63, 3.8) is 0 Å². The second-order valence-corrected chi connectivity index (χ2v) is 7.06. The van der Waals surface area contributed by atoms with E-state index in [9.17, 15) is 9.90 Å². The maximum Gasteiger partial charge on any atom is 0.251 e. The van der Waals surface area contributed by atoms with Crippen LogP contribution in [0.2, 0.25) is 0 Å². The zero-order chi connectivity index (χ0) is 14.8. The van der Waals surface area contributed by atoms with Gasteiger partial charge in [-0.25, -0.2) is 0 Å². The number of rotatable bonds is 2. The highest BCUT2D eigenvalue weighted by Gasteiger charge is 2.31. The van der Waals surface area contributed by atoms with Gasteiger partial charge in [-0.05, 0) is 37.0 Å². The van der Waals surface area contributed by atoms with Crippen LogP contribution in [-0.4, -0.2) is 29.4 Å². The molecule has 2 aliphatic rings. The van der Waals surface area contributed by atoms with E-state index in [1.807, 2.05) is 0 Å². The molecule has 2 rings (SSSR count). The summed E-state index contributed by atoms with van der Waals surface area (Å²) in [6, 6.07) is 0.236. The molecule has 20 heavy (non-hydrogen) atoms. The summed E-state index contributed by atoms with van der Waals surface area (Å²) >= 11 is 0. The first kappa shape index (κ1) is 15.2. The molecule has 112 valence electrons. The van der Waals surface area contributed by atoms with Gasteiger partial charge < -0.3 is 10.4 Å². The Morgan fingerprint density at radius 2 is 1.95 bits per heavy atom. The fourth-order valence-electron chi connectivity index (χ4n) is 3.09. The van der Waals surface area contributed by atoms with E-state index in [1.165, 1.54) is 6.20 Å². The standard InChI is InChI=1S/C16H26N2O2/c1-16(2,3)11-4-6-12(7-5-11)18-15(20)13-10-17-9-8-14(13)19/h9-12,14,19H,4-8H2,1-3H3,(H,18,20). The molecule has 0 saturated heterocycles. The van der Waals surface area contributed by atoms with Crippen LogP contribution in [0.1, 0.15) is 52.9 Å². The molecule has 4 nitrogen and oxygen atoms in total. The molecule has 4 heteroatoms. The van der Waals surface area contributed by atoms with Crippen LogP contribution in [0.25, 0.3) is 0 Å². The largest absolute Gasteiger partial charge is 0.388 e. The van der Waals surface area contributed by atoms with Gasteiger partial charge in [-0.3, -0.25) is 9.79 Å². The second-order valence-electron chi connectivity index (χ2n) is 7.06. The lowest BCUT2D eigenvalue weighted by Crippen LogP contribution is -2.41. The molecule has 1 atom stereocenters. The van der Waals surface area contributed by atoms with Crippen LogP contribution in [0.15, 0.2) is 16.8 Å². The minimum atomic E-state index is -0.710. The van der Waals surface area contributed by atoms with Crippen LogP contribution in [-0.2, 0) is 4.79 Å². The predicted molar refractivity (Wildman–Crippen MR) is 80.5 cm³/mol. The van der Waals surface area contributed by atoms with E-state index in [4.69, 9.17) is 0 Å². The van der Waals surface area contributed by atoms with E-state index in [2.05, 4.69) is 31.1 Å². The minimum absolute atomic E-state index is 0.159. The van der Waals surface area contributed by atoms with E-state index in [0.29, 0.717) is 17.4 Å². The molecule has 1 aliphatic heterocycles. The van der Waals surface area contributed by atoms with E-state index in [-0.39, 0.29) is 11.9 Å². The average molecular weight is 278 g/mol. The van der Waals surface area contributed by atoms with Crippen LogP contribution >= 0.6 is 0 Å². The molecule has 2 N–H and O–H groups in total. The summed E-state index contributed by atoms with van der Waals surface area (Å²) in [6.07, 6.45) is 7.21. The molecular formula is C16H26N2O2. The number of amides is 1. The number of nitrogens with one attached hydrogen (secondary N) is 1. The molecule has 1 unspecified atom stereocenters.